The molecule has 0 aliphatic heterocycles. The van der Waals surface area contributed by atoms with Gasteiger partial charge in [0, 0.05) is 18.3 Å². The molecule has 2 aromatic carbocycles. The maximum atomic E-state index is 12.6. The molecule has 0 aliphatic carbocycles. The molecule has 1 aromatic heterocycles. The maximum absolute atomic E-state index is 12.6. The van der Waals surface area contributed by atoms with Crippen molar-refractivity contribution in [2.45, 2.75) is 18.4 Å². The summed E-state index contributed by atoms with van der Waals surface area (Å²) in [5, 5.41) is 6.83. The van der Waals surface area contributed by atoms with Gasteiger partial charge in [0.2, 0.25) is 15.5 Å². The molecule has 0 atom stereocenters. The molecule has 0 bridgehead atoms. The van der Waals surface area contributed by atoms with Crippen LogP contribution in [0.25, 0.3) is 5.69 Å². The summed E-state index contributed by atoms with van der Waals surface area (Å²) in [6.45, 7) is 1.78. The van der Waals surface area contributed by atoms with E-state index in [1.54, 1.807) is 19.1 Å². The third-order valence-electron chi connectivity index (χ3n) is 4.25. The number of aromatic nitrogens is 2. The van der Waals surface area contributed by atoms with E-state index >= 15 is 0 Å². The van der Waals surface area contributed by atoms with E-state index in [1.165, 1.54) is 29.9 Å². The molecule has 9 heteroatoms. The van der Waals surface area contributed by atoms with Crippen LogP contribution in [0.1, 0.15) is 21.7 Å². The molecule has 1 amide bonds. The number of carbonyl (C=O) groups excluding carboxylic acids is 1. The normalized spacial score (nSPS) is 11.2. The Morgan fingerprint density at radius 2 is 1.79 bits per heavy atom. The van der Waals surface area contributed by atoms with Gasteiger partial charge < -0.3 is 5.32 Å². The number of nitrogens with one attached hydrogen (secondary N) is 2. The Morgan fingerprint density at radius 3 is 2.48 bits per heavy atom. The van der Waals surface area contributed by atoms with Crippen LogP contribution in [-0.4, -0.2) is 31.2 Å². The average Bonchev–Trinajstić information content (AvgIpc) is 2.73. The van der Waals surface area contributed by atoms with Crippen LogP contribution in [0.5, 0.6) is 0 Å². The fourth-order valence-corrected chi connectivity index (χ4v) is 3.54. The highest BCUT2D eigenvalue weighted by molar-refractivity contribution is 7.89. The van der Waals surface area contributed by atoms with Gasteiger partial charge in [0.05, 0.1) is 10.6 Å². The van der Waals surface area contributed by atoms with Crippen molar-refractivity contribution in [1.82, 2.24) is 19.8 Å². The highest BCUT2D eigenvalue weighted by Gasteiger charge is 2.16. The minimum atomic E-state index is -3.59. The fourth-order valence-electron chi connectivity index (χ4n) is 2.74. The number of hydrogen-bond acceptors (Lipinski definition) is 5. The summed E-state index contributed by atoms with van der Waals surface area (Å²) in [5.74, 6) is -0.637. The van der Waals surface area contributed by atoms with Crippen molar-refractivity contribution >= 4 is 15.9 Å². The standard InChI is InChI=1S/C20H20N4O4S/c1-14-11-18(25)19(23-24(14)16-8-4-3-5-9-16)20(26)22-13-15-7-6-10-17(12-15)29(27,28)21-2/h3-12,21H,13H2,1-2H3,(H,22,26). The molecule has 3 rings (SSSR count). The minimum Gasteiger partial charge on any atom is -0.346 e. The summed E-state index contributed by atoms with van der Waals surface area (Å²) in [4.78, 5) is 24.9. The van der Waals surface area contributed by atoms with Crippen LogP contribution in [0.4, 0.5) is 0 Å². The van der Waals surface area contributed by atoms with E-state index in [2.05, 4.69) is 15.1 Å². The molecular formula is C20H20N4O4S. The number of para-hydroxylation sites is 1. The molecule has 8 nitrogen and oxygen atoms in total. The third kappa shape index (κ3) is 4.58. The van der Waals surface area contributed by atoms with Crippen LogP contribution < -0.4 is 15.5 Å². The lowest BCUT2D eigenvalue weighted by molar-refractivity contribution is 0.0943. The van der Waals surface area contributed by atoms with Crippen molar-refractivity contribution in [3.63, 3.8) is 0 Å². The highest BCUT2D eigenvalue weighted by Crippen LogP contribution is 2.11. The van der Waals surface area contributed by atoms with Gasteiger partial charge in [-0.15, -0.1) is 0 Å². The molecule has 0 aliphatic rings. The number of sulfonamides is 1. The second-order valence-corrected chi connectivity index (χ2v) is 8.17. The van der Waals surface area contributed by atoms with E-state index in [1.807, 2.05) is 30.3 Å². The van der Waals surface area contributed by atoms with Crippen LogP contribution in [-0.2, 0) is 16.6 Å². The molecule has 0 spiro atoms. The van der Waals surface area contributed by atoms with Gasteiger partial charge in [-0.2, -0.15) is 5.10 Å². The van der Waals surface area contributed by atoms with Crippen molar-refractivity contribution in [3.8, 4) is 5.69 Å². The first-order valence-electron chi connectivity index (χ1n) is 8.79. The van der Waals surface area contributed by atoms with Crippen LogP contribution in [0.2, 0.25) is 0 Å². The predicted octanol–water partition coefficient (Wildman–Crippen LogP) is 1.38. The zero-order chi connectivity index (χ0) is 21.0. The van der Waals surface area contributed by atoms with Crippen molar-refractivity contribution in [1.29, 1.82) is 0 Å². The Balaban J connectivity index is 1.84. The highest BCUT2D eigenvalue weighted by atomic mass is 32.2. The first-order chi connectivity index (χ1) is 13.8. The van der Waals surface area contributed by atoms with Crippen molar-refractivity contribution in [3.05, 3.63) is 87.8 Å². The lowest BCUT2D eigenvalue weighted by atomic mass is 10.2. The maximum Gasteiger partial charge on any atom is 0.276 e. The predicted molar refractivity (Wildman–Crippen MR) is 108 cm³/mol. The first-order valence-corrected chi connectivity index (χ1v) is 10.3. The molecular weight excluding hydrogens is 392 g/mol. The quantitative estimate of drug-likeness (QED) is 0.636. The van der Waals surface area contributed by atoms with E-state index in [-0.39, 0.29) is 17.1 Å². The molecule has 0 fully saturated rings. The summed E-state index contributed by atoms with van der Waals surface area (Å²) in [7, 11) is -2.26. The number of benzene rings is 2. The van der Waals surface area contributed by atoms with E-state index in [4.69, 9.17) is 0 Å². The smallest absolute Gasteiger partial charge is 0.276 e. The van der Waals surface area contributed by atoms with Crippen molar-refractivity contribution in [2.24, 2.45) is 0 Å². The van der Waals surface area contributed by atoms with Gasteiger partial charge in [0.15, 0.2) is 5.69 Å². The lowest BCUT2D eigenvalue weighted by Crippen LogP contribution is -2.31. The summed E-state index contributed by atoms with van der Waals surface area (Å²) >= 11 is 0. The third-order valence-corrected chi connectivity index (χ3v) is 5.67. The van der Waals surface area contributed by atoms with Crippen LogP contribution in [0.3, 0.4) is 0 Å². The number of amides is 1. The molecule has 0 saturated carbocycles. The van der Waals surface area contributed by atoms with Crippen LogP contribution in [0, 0.1) is 6.92 Å². The summed E-state index contributed by atoms with van der Waals surface area (Å²) < 4.78 is 27.6. The fraction of sp³-hybridized carbons (Fsp3) is 0.150. The number of nitrogens with zero attached hydrogens (tertiary/aromatic N) is 2. The number of hydrogen-bond donors (Lipinski definition) is 2. The van der Waals surface area contributed by atoms with Gasteiger partial charge in [-0.05, 0) is 43.8 Å². The zero-order valence-corrected chi connectivity index (χ0v) is 16.7. The monoisotopic (exact) mass is 412 g/mol. The average molecular weight is 412 g/mol. The van der Waals surface area contributed by atoms with Gasteiger partial charge in [-0.3, -0.25) is 9.59 Å². The van der Waals surface area contributed by atoms with Gasteiger partial charge in [-0.1, -0.05) is 30.3 Å². The zero-order valence-electron chi connectivity index (χ0n) is 15.9. The van der Waals surface area contributed by atoms with Gasteiger partial charge in [-0.25, -0.2) is 17.8 Å². The van der Waals surface area contributed by atoms with Crippen LogP contribution in [0.15, 0.2) is 70.4 Å². The van der Waals surface area contributed by atoms with E-state index < -0.39 is 21.4 Å². The Morgan fingerprint density at radius 1 is 1.07 bits per heavy atom. The Kier molecular flexibility index (Phi) is 5.90. The second-order valence-electron chi connectivity index (χ2n) is 6.28. The molecule has 29 heavy (non-hydrogen) atoms. The Hall–Kier alpha value is -3.30. The molecule has 150 valence electrons. The van der Waals surface area contributed by atoms with Crippen molar-refractivity contribution in [2.75, 3.05) is 7.05 Å². The molecule has 3 aromatic rings. The molecule has 2 N–H and O–H groups in total. The Labute approximate surface area is 168 Å². The van der Waals surface area contributed by atoms with E-state index in [9.17, 15) is 18.0 Å². The van der Waals surface area contributed by atoms with Crippen LogP contribution >= 0.6 is 0 Å². The summed E-state index contributed by atoms with van der Waals surface area (Å²) in [6.07, 6.45) is 0. The van der Waals surface area contributed by atoms with Crippen molar-refractivity contribution < 1.29 is 13.2 Å². The minimum absolute atomic E-state index is 0.0479. The second kappa shape index (κ2) is 8.38. The van der Waals surface area contributed by atoms with Gasteiger partial charge >= 0.3 is 0 Å². The first kappa shape index (κ1) is 20.4. The number of carbonyl (C=O) groups is 1. The molecule has 1 heterocycles. The van der Waals surface area contributed by atoms with E-state index in [0.29, 0.717) is 11.3 Å². The lowest BCUT2D eigenvalue weighted by Gasteiger charge is -2.11. The van der Waals surface area contributed by atoms with Gasteiger partial charge in [0.1, 0.15) is 0 Å². The van der Waals surface area contributed by atoms with Gasteiger partial charge in [0.25, 0.3) is 5.91 Å². The molecule has 0 saturated heterocycles. The largest absolute Gasteiger partial charge is 0.346 e. The number of aryl methyl sites for hydroxylation is 1. The topological polar surface area (TPSA) is 110 Å². The SMILES string of the molecule is CNS(=O)(=O)c1cccc(CNC(=O)c2nn(-c3ccccc3)c(C)cc2=O)c1. The summed E-state index contributed by atoms with van der Waals surface area (Å²) in [6, 6.07) is 16.7. The molecule has 0 radical (unpaired) electrons. The van der Waals surface area contributed by atoms with E-state index in [0.717, 1.165) is 5.69 Å². The Bertz CT molecular complexity index is 1200. The number of rotatable bonds is 6. The summed E-state index contributed by atoms with van der Waals surface area (Å²) in [5.41, 5.74) is 1.18. The molecule has 0 unspecified atom stereocenters.